The zero-order valence-electron chi connectivity index (χ0n) is 43.9. The van der Waals surface area contributed by atoms with Crippen LogP contribution in [-0.4, -0.2) is 37.2 Å². The van der Waals surface area contributed by atoms with Gasteiger partial charge in [-0.25, -0.2) is 0 Å². The SMILES string of the molecule is CCCCCCCCCCCCCCCCCC(=O)O[C@@H](COC(=O)CCCCCCCCCCCCCCCCC(C)CC)COC(=O)CCCCCCCCCCCCC(C)C. The fourth-order valence-corrected chi connectivity index (χ4v) is 8.84. The lowest BCUT2D eigenvalue weighted by molar-refractivity contribution is -0.167. The van der Waals surface area contributed by atoms with E-state index in [1.165, 1.54) is 212 Å². The highest BCUT2D eigenvalue weighted by Gasteiger charge is 2.19. The Morgan fingerprint density at radius 3 is 0.891 bits per heavy atom. The molecule has 0 aromatic carbocycles. The summed E-state index contributed by atoms with van der Waals surface area (Å²) in [6, 6.07) is 0. The second-order valence-electron chi connectivity index (χ2n) is 20.6. The Morgan fingerprint density at radius 2 is 0.594 bits per heavy atom. The molecule has 6 nitrogen and oxygen atoms in total. The van der Waals surface area contributed by atoms with E-state index in [9.17, 15) is 14.4 Å². The van der Waals surface area contributed by atoms with Crippen LogP contribution >= 0.6 is 0 Å². The number of hydrogen-bond acceptors (Lipinski definition) is 6. The molecular weight excluding hydrogens is 793 g/mol. The summed E-state index contributed by atoms with van der Waals surface area (Å²) < 4.78 is 16.9. The number of carbonyl (C=O) groups excluding carboxylic acids is 3. The number of ether oxygens (including phenoxy) is 3. The molecule has 0 saturated heterocycles. The normalized spacial score (nSPS) is 12.5. The van der Waals surface area contributed by atoms with E-state index in [0.29, 0.717) is 19.3 Å². The predicted octanol–water partition coefficient (Wildman–Crippen LogP) is 18.9. The highest BCUT2D eigenvalue weighted by Crippen LogP contribution is 2.18. The number of rotatable bonds is 52. The van der Waals surface area contributed by atoms with E-state index in [1.54, 1.807) is 0 Å². The molecule has 1 unspecified atom stereocenters. The molecule has 0 aromatic rings. The summed E-state index contributed by atoms with van der Waals surface area (Å²) in [4.78, 5) is 38.1. The van der Waals surface area contributed by atoms with Crippen molar-refractivity contribution < 1.29 is 28.6 Å². The molecule has 0 radical (unpaired) electrons. The van der Waals surface area contributed by atoms with Crippen molar-refractivity contribution >= 4 is 17.9 Å². The first kappa shape index (κ1) is 62.4. The summed E-state index contributed by atoms with van der Waals surface area (Å²) in [5.74, 6) is 0.874. The summed E-state index contributed by atoms with van der Waals surface area (Å²) in [5.41, 5.74) is 0. The molecule has 2 atom stereocenters. The van der Waals surface area contributed by atoms with Crippen molar-refractivity contribution in [3.8, 4) is 0 Å². The van der Waals surface area contributed by atoms with Crippen LogP contribution in [0.1, 0.15) is 324 Å². The van der Waals surface area contributed by atoms with Crippen LogP contribution in [0.3, 0.4) is 0 Å². The standard InChI is InChI=1S/C58H112O6/c1-6-8-9-10-11-12-13-14-15-20-23-30-35-40-45-50-58(61)64-55(52-63-57(60)49-44-39-34-29-25-24-26-31-36-41-46-53(3)4)51-62-56(59)48-43-38-33-28-22-19-17-16-18-21-27-32-37-42-47-54(5)7-2/h53-55H,6-52H2,1-5H3/t54?,55-/m0/s1. The van der Waals surface area contributed by atoms with Crippen LogP contribution in [0, 0.1) is 11.8 Å². The van der Waals surface area contributed by atoms with Crippen LogP contribution in [0.2, 0.25) is 0 Å². The number of hydrogen-bond donors (Lipinski definition) is 0. The summed E-state index contributed by atoms with van der Waals surface area (Å²) in [7, 11) is 0. The second kappa shape index (κ2) is 50.8. The fraction of sp³-hybridized carbons (Fsp3) is 0.948. The van der Waals surface area contributed by atoms with Gasteiger partial charge in [-0.05, 0) is 31.1 Å². The number of esters is 3. The molecule has 0 spiro atoms. The smallest absolute Gasteiger partial charge is 0.306 e. The van der Waals surface area contributed by atoms with Gasteiger partial charge in [0.2, 0.25) is 0 Å². The quantitative estimate of drug-likeness (QED) is 0.0344. The van der Waals surface area contributed by atoms with Crippen LogP contribution in [0.5, 0.6) is 0 Å². The van der Waals surface area contributed by atoms with Crippen molar-refractivity contribution in [2.45, 2.75) is 330 Å². The van der Waals surface area contributed by atoms with Gasteiger partial charge >= 0.3 is 17.9 Å². The van der Waals surface area contributed by atoms with Crippen molar-refractivity contribution in [1.82, 2.24) is 0 Å². The first-order valence-electron chi connectivity index (χ1n) is 28.8. The topological polar surface area (TPSA) is 78.9 Å². The van der Waals surface area contributed by atoms with Crippen molar-refractivity contribution in [2.24, 2.45) is 11.8 Å². The Labute approximate surface area is 399 Å². The van der Waals surface area contributed by atoms with Gasteiger partial charge in [0, 0.05) is 19.3 Å². The molecule has 0 aliphatic carbocycles. The molecule has 0 N–H and O–H groups in total. The van der Waals surface area contributed by atoms with Crippen LogP contribution < -0.4 is 0 Å². The third kappa shape index (κ3) is 49.8. The first-order chi connectivity index (χ1) is 31.3. The van der Waals surface area contributed by atoms with Gasteiger partial charge < -0.3 is 14.2 Å². The molecule has 0 heterocycles. The van der Waals surface area contributed by atoms with Crippen LogP contribution in [0.4, 0.5) is 0 Å². The summed E-state index contributed by atoms with van der Waals surface area (Å²) in [6.07, 6.45) is 53.7. The maximum atomic E-state index is 12.8. The third-order valence-corrected chi connectivity index (χ3v) is 13.6. The Balaban J connectivity index is 4.29. The Morgan fingerprint density at radius 1 is 0.328 bits per heavy atom. The van der Waals surface area contributed by atoms with E-state index < -0.39 is 6.10 Å². The molecular formula is C58H112O6. The number of carbonyl (C=O) groups is 3. The predicted molar refractivity (Wildman–Crippen MR) is 275 cm³/mol. The lowest BCUT2D eigenvalue weighted by atomic mass is 9.99. The third-order valence-electron chi connectivity index (χ3n) is 13.6. The van der Waals surface area contributed by atoms with Gasteiger partial charge in [-0.3, -0.25) is 14.4 Å². The van der Waals surface area contributed by atoms with Gasteiger partial charge in [-0.1, -0.05) is 285 Å². The van der Waals surface area contributed by atoms with E-state index in [2.05, 4.69) is 34.6 Å². The molecule has 0 fully saturated rings. The highest BCUT2D eigenvalue weighted by molar-refractivity contribution is 5.71. The first-order valence-corrected chi connectivity index (χ1v) is 28.8. The molecule has 0 rings (SSSR count). The maximum Gasteiger partial charge on any atom is 0.306 e. The van der Waals surface area contributed by atoms with Gasteiger partial charge in [0.05, 0.1) is 0 Å². The van der Waals surface area contributed by atoms with Gasteiger partial charge in [-0.2, -0.15) is 0 Å². The number of unbranched alkanes of at least 4 members (excludes halogenated alkanes) is 36. The Hall–Kier alpha value is -1.59. The molecule has 0 bridgehead atoms. The molecule has 0 amide bonds. The highest BCUT2D eigenvalue weighted by atomic mass is 16.6. The van der Waals surface area contributed by atoms with Gasteiger partial charge in [0.25, 0.3) is 0 Å². The van der Waals surface area contributed by atoms with E-state index in [-0.39, 0.29) is 31.1 Å². The molecule has 380 valence electrons. The Kier molecular flexibility index (Phi) is 49.6. The van der Waals surface area contributed by atoms with Crippen molar-refractivity contribution in [3.05, 3.63) is 0 Å². The minimum atomic E-state index is -0.762. The largest absolute Gasteiger partial charge is 0.462 e. The minimum absolute atomic E-state index is 0.0628. The maximum absolute atomic E-state index is 12.8. The van der Waals surface area contributed by atoms with E-state index in [1.807, 2.05) is 0 Å². The zero-order valence-corrected chi connectivity index (χ0v) is 43.9. The molecule has 0 aliphatic rings. The van der Waals surface area contributed by atoms with Gasteiger partial charge in [0.1, 0.15) is 13.2 Å². The summed E-state index contributed by atoms with van der Waals surface area (Å²) >= 11 is 0. The van der Waals surface area contributed by atoms with E-state index >= 15 is 0 Å². The van der Waals surface area contributed by atoms with Crippen molar-refractivity contribution in [2.75, 3.05) is 13.2 Å². The van der Waals surface area contributed by atoms with Crippen LogP contribution in [-0.2, 0) is 28.6 Å². The zero-order chi connectivity index (χ0) is 46.8. The molecule has 0 aromatic heterocycles. The molecule has 0 saturated carbocycles. The second-order valence-corrected chi connectivity index (χ2v) is 20.6. The van der Waals surface area contributed by atoms with E-state index in [0.717, 1.165) is 69.6 Å². The van der Waals surface area contributed by atoms with Crippen molar-refractivity contribution in [3.63, 3.8) is 0 Å². The fourth-order valence-electron chi connectivity index (χ4n) is 8.84. The monoisotopic (exact) mass is 905 g/mol. The molecule has 0 aliphatic heterocycles. The van der Waals surface area contributed by atoms with Gasteiger partial charge in [0.15, 0.2) is 6.10 Å². The summed E-state index contributed by atoms with van der Waals surface area (Å²) in [6.45, 7) is 11.4. The lowest BCUT2D eigenvalue weighted by Gasteiger charge is -2.18. The average Bonchev–Trinajstić information content (AvgIpc) is 3.28. The summed E-state index contributed by atoms with van der Waals surface area (Å²) in [5, 5.41) is 0. The Bertz CT molecular complexity index is 980. The molecule has 6 heteroatoms. The average molecular weight is 906 g/mol. The van der Waals surface area contributed by atoms with Gasteiger partial charge in [-0.15, -0.1) is 0 Å². The lowest BCUT2D eigenvalue weighted by Crippen LogP contribution is -2.30. The molecule has 64 heavy (non-hydrogen) atoms. The van der Waals surface area contributed by atoms with Crippen molar-refractivity contribution in [1.29, 1.82) is 0 Å². The minimum Gasteiger partial charge on any atom is -0.462 e. The van der Waals surface area contributed by atoms with E-state index in [4.69, 9.17) is 14.2 Å². The van der Waals surface area contributed by atoms with Crippen LogP contribution in [0.25, 0.3) is 0 Å². The van der Waals surface area contributed by atoms with Crippen LogP contribution in [0.15, 0.2) is 0 Å².